The molecule has 0 radical (unpaired) electrons. The Labute approximate surface area is 90.0 Å². The molecule has 0 aromatic heterocycles. The van der Waals surface area contributed by atoms with Gasteiger partial charge in [-0.05, 0) is 12.6 Å². The molecule has 0 heterocycles. The molecule has 1 unspecified atom stereocenters. The second-order valence-electron chi connectivity index (χ2n) is 2.23. The number of rotatable bonds is 4. The fourth-order valence-corrected chi connectivity index (χ4v) is 3.54. The predicted octanol–water partition coefficient (Wildman–Crippen LogP) is 1.46. The van der Waals surface area contributed by atoms with Crippen molar-refractivity contribution >= 4 is 47.9 Å². The van der Waals surface area contributed by atoms with Gasteiger partial charge in [-0.25, -0.2) is 8.22 Å². The first-order chi connectivity index (χ1) is 4.48. The van der Waals surface area contributed by atoms with Crippen molar-refractivity contribution in [2.45, 2.75) is 25.9 Å². The third-order valence-corrected chi connectivity index (χ3v) is 5.10. The van der Waals surface area contributed by atoms with Crippen molar-refractivity contribution in [3.05, 3.63) is 0 Å². The van der Waals surface area contributed by atoms with E-state index in [-0.39, 0.29) is 35.6 Å². The summed E-state index contributed by atoms with van der Waals surface area (Å²) in [7, 11) is -7.60. The van der Waals surface area contributed by atoms with Crippen LogP contribution < -0.4 is 0 Å². The molecule has 0 aliphatic heterocycles. The van der Waals surface area contributed by atoms with Crippen LogP contribution in [0.5, 0.6) is 0 Å². The van der Waals surface area contributed by atoms with Crippen molar-refractivity contribution in [2.24, 2.45) is 0 Å². The summed E-state index contributed by atoms with van der Waals surface area (Å²) in [6.07, 6.45) is 0.570. The molecule has 1 atom stereocenters. The number of hydrogen-bond donors (Lipinski definition) is 0. The molecule has 7 heteroatoms. The molecular weight excluding hydrogens is 200 g/mol. The van der Waals surface area contributed by atoms with E-state index >= 15 is 0 Å². The van der Waals surface area contributed by atoms with Crippen LogP contribution in [0, 0.1) is 0 Å². The molecule has 64 valence electrons. The Bertz CT molecular complexity index is 103. The molecule has 0 aliphatic carbocycles. The average Bonchev–Trinajstić information content (AvgIpc) is 1.59. The molecule has 0 spiro atoms. The molecule has 0 N–H and O–H groups in total. The first-order valence-corrected chi connectivity index (χ1v) is 6.96. The third-order valence-electron chi connectivity index (χ3n) is 1.03. The first-order valence-electron chi connectivity index (χ1n) is 3.13. The van der Waals surface area contributed by atoms with Gasteiger partial charge in [0, 0.05) is 0 Å². The number of halogens is 3. The third kappa shape index (κ3) is 9.10. The van der Waals surface area contributed by atoms with Gasteiger partial charge in [-0.3, -0.25) is 4.11 Å². The predicted molar refractivity (Wildman–Crippen MR) is 45.4 cm³/mol. The summed E-state index contributed by atoms with van der Waals surface area (Å²) in [5, 5.41) is 0. The topological polar surface area (TPSA) is 9.23 Å². The second kappa shape index (κ2) is 6.67. The molecule has 0 aliphatic rings. The summed E-state index contributed by atoms with van der Waals surface area (Å²) in [5.74, 6) is 0. The van der Waals surface area contributed by atoms with E-state index in [1.165, 1.54) is 6.55 Å². The van der Waals surface area contributed by atoms with Crippen LogP contribution in [0.3, 0.4) is 0 Å². The van der Waals surface area contributed by atoms with E-state index in [0.29, 0.717) is 6.42 Å². The van der Waals surface area contributed by atoms with Gasteiger partial charge >= 0.3 is 47.9 Å². The molecule has 0 amide bonds. The summed E-state index contributed by atoms with van der Waals surface area (Å²) >= 11 is 0. The Morgan fingerprint density at radius 3 is 2.18 bits per heavy atom. The van der Waals surface area contributed by atoms with Gasteiger partial charge in [0.15, 0.2) is 0 Å². The van der Waals surface area contributed by atoms with Crippen LogP contribution >= 0.6 is 0 Å². The van der Waals surface area contributed by atoms with Gasteiger partial charge in [0.2, 0.25) is 0 Å². The van der Waals surface area contributed by atoms with Gasteiger partial charge in [0.1, 0.15) is 0 Å². The van der Waals surface area contributed by atoms with E-state index in [4.69, 9.17) is 0 Å². The van der Waals surface area contributed by atoms with Crippen molar-refractivity contribution in [1.29, 1.82) is 0 Å². The average molecular weight is 212 g/mol. The van der Waals surface area contributed by atoms with Crippen LogP contribution in [-0.2, 0) is 4.12 Å². The van der Waals surface area contributed by atoms with Crippen molar-refractivity contribution < 1.29 is 16.4 Å². The molecule has 0 saturated carbocycles. The monoisotopic (exact) mass is 212 g/mol. The van der Waals surface area contributed by atoms with Crippen molar-refractivity contribution in [1.82, 2.24) is 0 Å². The van der Waals surface area contributed by atoms with Crippen LogP contribution in [0.2, 0.25) is 12.6 Å². The van der Waals surface area contributed by atoms with E-state index in [2.05, 4.69) is 4.12 Å². The summed E-state index contributed by atoms with van der Waals surface area (Å²) in [6.45, 7) is 2.93. The summed E-state index contributed by atoms with van der Waals surface area (Å²) < 4.78 is 39.9. The van der Waals surface area contributed by atoms with E-state index in [1.807, 2.05) is 0 Å². The van der Waals surface area contributed by atoms with Crippen molar-refractivity contribution in [2.75, 3.05) is 0 Å². The van der Waals surface area contributed by atoms with E-state index < -0.39 is 18.4 Å². The molecule has 0 saturated heterocycles. The maximum absolute atomic E-state index is 12.8. The number of hydrogen-bond acceptors (Lipinski definition) is 1. The van der Waals surface area contributed by atoms with E-state index in [9.17, 15) is 12.3 Å². The summed E-state index contributed by atoms with van der Waals surface area (Å²) in [4.78, 5) is 0. The Morgan fingerprint density at radius 2 is 1.91 bits per heavy atom. The quantitative estimate of drug-likeness (QED) is 0.506. The molecule has 0 bridgehead atoms. The zero-order valence-corrected chi connectivity index (χ0v) is 8.19. The van der Waals surface area contributed by atoms with Gasteiger partial charge < -0.3 is 4.12 Å². The first kappa shape index (κ1) is 14.7. The van der Waals surface area contributed by atoms with Crippen molar-refractivity contribution in [3.8, 4) is 0 Å². The van der Waals surface area contributed by atoms with Crippen LogP contribution in [0.4, 0.5) is 12.3 Å². The Hall–Kier alpha value is 1.18. The van der Waals surface area contributed by atoms with E-state index in [0.717, 1.165) is 0 Å². The van der Waals surface area contributed by atoms with Gasteiger partial charge in [-0.1, -0.05) is 13.3 Å². The fourth-order valence-electron chi connectivity index (χ4n) is 0.691. The Kier molecular flexibility index (Phi) is 8.91. The molecule has 0 rings (SSSR count). The zero-order chi connectivity index (χ0) is 8.20. The van der Waals surface area contributed by atoms with Crippen molar-refractivity contribution in [3.63, 3.8) is 0 Å². The van der Waals surface area contributed by atoms with E-state index in [1.54, 1.807) is 6.92 Å². The van der Waals surface area contributed by atoms with Crippen LogP contribution in [0.25, 0.3) is 0 Å². The standard InChI is InChI=1S/C4H11F3OSi2.Na.H/c1-3-4-10(2,7)8-9(5)6;;/h9H,3-4H2,1-2H3;;. The van der Waals surface area contributed by atoms with Crippen LogP contribution in [0.15, 0.2) is 0 Å². The molecular formula is C4H12F3NaOSi2. The second-order valence-corrected chi connectivity index (χ2v) is 6.40. The molecule has 0 aromatic rings. The van der Waals surface area contributed by atoms with Gasteiger partial charge in [-0.15, -0.1) is 0 Å². The zero-order valence-electron chi connectivity index (χ0n) is 6.03. The van der Waals surface area contributed by atoms with Crippen LogP contribution in [-0.4, -0.2) is 47.9 Å². The van der Waals surface area contributed by atoms with Gasteiger partial charge in [-0.2, -0.15) is 0 Å². The van der Waals surface area contributed by atoms with Gasteiger partial charge in [0.25, 0.3) is 0 Å². The normalized spacial score (nSPS) is 15.8. The molecule has 11 heavy (non-hydrogen) atoms. The SMILES string of the molecule is CCC[Si](C)(F)O[SiH](F)F.[NaH]. The molecule has 0 fully saturated rings. The molecule has 0 aromatic carbocycles. The fraction of sp³-hybridized carbons (Fsp3) is 1.00. The minimum absolute atomic E-state index is 0. The minimum atomic E-state index is -4.14. The maximum atomic E-state index is 12.8. The summed E-state index contributed by atoms with van der Waals surface area (Å²) in [5.41, 5.74) is 0. The molecule has 1 nitrogen and oxygen atoms in total. The van der Waals surface area contributed by atoms with Crippen LogP contribution in [0.1, 0.15) is 13.3 Å². The summed E-state index contributed by atoms with van der Waals surface area (Å²) in [6, 6.07) is 0.171. The Morgan fingerprint density at radius 1 is 1.45 bits per heavy atom. The van der Waals surface area contributed by atoms with Gasteiger partial charge in [0.05, 0.1) is 0 Å². The Balaban J connectivity index is 0.